The SMILES string of the molecule is CC(C)Cc1nn(-c2ccc(Cl)cc2)c(Cl)c1C#N. The molecule has 0 bridgehead atoms. The molecule has 0 unspecified atom stereocenters. The van der Waals surface area contributed by atoms with Crippen LogP contribution >= 0.6 is 23.2 Å². The summed E-state index contributed by atoms with van der Waals surface area (Å²) in [7, 11) is 0. The maximum atomic E-state index is 9.21. The van der Waals surface area contributed by atoms with Crippen LogP contribution in [0.1, 0.15) is 25.1 Å². The minimum atomic E-state index is 0.348. The lowest BCUT2D eigenvalue weighted by Gasteiger charge is -2.03. The molecular formula is C14H13Cl2N3. The molecule has 0 radical (unpaired) electrons. The van der Waals surface area contributed by atoms with Gasteiger partial charge in [0.2, 0.25) is 0 Å². The first kappa shape index (κ1) is 13.9. The molecule has 0 saturated heterocycles. The number of benzene rings is 1. The van der Waals surface area contributed by atoms with Crippen LogP contribution in [-0.2, 0) is 6.42 Å². The first-order chi connectivity index (χ1) is 9.02. The van der Waals surface area contributed by atoms with Gasteiger partial charge in [-0.2, -0.15) is 10.4 Å². The largest absolute Gasteiger partial charge is 0.221 e. The molecule has 0 fully saturated rings. The Labute approximate surface area is 122 Å². The number of rotatable bonds is 3. The van der Waals surface area contributed by atoms with Crippen molar-refractivity contribution >= 4 is 23.2 Å². The minimum absolute atomic E-state index is 0.348. The van der Waals surface area contributed by atoms with Crippen molar-refractivity contribution in [2.75, 3.05) is 0 Å². The minimum Gasteiger partial charge on any atom is -0.221 e. The summed E-state index contributed by atoms with van der Waals surface area (Å²) in [5.41, 5.74) is 1.98. The number of nitrogens with zero attached hydrogens (tertiary/aromatic N) is 3. The van der Waals surface area contributed by atoms with E-state index < -0.39 is 0 Å². The Kier molecular flexibility index (Phi) is 4.14. The first-order valence-electron chi connectivity index (χ1n) is 5.96. The Morgan fingerprint density at radius 1 is 1.26 bits per heavy atom. The number of aromatic nitrogens is 2. The molecule has 1 aromatic heterocycles. The third-order valence-corrected chi connectivity index (χ3v) is 3.29. The molecule has 0 N–H and O–H groups in total. The van der Waals surface area contributed by atoms with Gasteiger partial charge in [0.1, 0.15) is 11.6 Å². The van der Waals surface area contributed by atoms with E-state index in [4.69, 9.17) is 23.2 Å². The predicted molar refractivity (Wildman–Crippen MR) is 76.8 cm³/mol. The molecule has 2 rings (SSSR count). The van der Waals surface area contributed by atoms with Crippen molar-refractivity contribution in [1.29, 1.82) is 5.26 Å². The van der Waals surface area contributed by atoms with Crippen molar-refractivity contribution in [3.63, 3.8) is 0 Å². The Morgan fingerprint density at radius 2 is 1.89 bits per heavy atom. The zero-order chi connectivity index (χ0) is 14.0. The molecule has 19 heavy (non-hydrogen) atoms. The first-order valence-corrected chi connectivity index (χ1v) is 6.72. The van der Waals surface area contributed by atoms with Gasteiger partial charge in [0.25, 0.3) is 0 Å². The number of hydrogen-bond donors (Lipinski definition) is 0. The van der Waals surface area contributed by atoms with E-state index in [1.807, 2.05) is 12.1 Å². The molecule has 0 atom stereocenters. The molecule has 2 aromatic rings. The van der Waals surface area contributed by atoms with Crippen molar-refractivity contribution in [3.8, 4) is 11.8 Å². The molecule has 0 spiro atoms. The second-order valence-corrected chi connectivity index (χ2v) is 5.50. The average Bonchev–Trinajstić information content (AvgIpc) is 2.66. The van der Waals surface area contributed by atoms with Crippen LogP contribution in [0.3, 0.4) is 0 Å². The fourth-order valence-electron chi connectivity index (χ4n) is 1.83. The Balaban J connectivity index is 2.50. The highest BCUT2D eigenvalue weighted by Gasteiger charge is 2.17. The van der Waals surface area contributed by atoms with Crippen LogP contribution in [0.5, 0.6) is 0 Å². The molecule has 0 saturated carbocycles. The lowest BCUT2D eigenvalue weighted by atomic mass is 10.1. The summed E-state index contributed by atoms with van der Waals surface area (Å²) in [6.07, 6.45) is 0.725. The van der Waals surface area contributed by atoms with Gasteiger partial charge in [-0.05, 0) is 36.6 Å². The molecule has 0 amide bonds. The Morgan fingerprint density at radius 3 is 2.42 bits per heavy atom. The third kappa shape index (κ3) is 2.91. The quantitative estimate of drug-likeness (QED) is 0.849. The van der Waals surface area contributed by atoms with Gasteiger partial charge >= 0.3 is 0 Å². The lowest BCUT2D eigenvalue weighted by molar-refractivity contribution is 0.627. The summed E-state index contributed by atoms with van der Waals surface area (Å²) in [6, 6.07) is 9.31. The normalized spacial score (nSPS) is 10.7. The summed E-state index contributed by atoms with van der Waals surface area (Å²) in [6.45, 7) is 4.16. The summed E-state index contributed by atoms with van der Waals surface area (Å²) in [5, 5.41) is 14.6. The zero-order valence-corrected chi connectivity index (χ0v) is 12.2. The molecule has 0 aliphatic carbocycles. The zero-order valence-electron chi connectivity index (χ0n) is 10.7. The molecule has 5 heteroatoms. The van der Waals surface area contributed by atoms with Gasteiger partial charge in [0.05, 0.1) is 11.4 Å². The van der Waals surface area contributed by atoms with E-state index in [2.05, 4.69) is 25.0 Å². The van der Waals surface area contributed by atoms with Crippen molar-refractivity contribution in [2.45, 2.75) is 20.3 Å². The third-order valence-electron chi connectivity index (χ3n) is 2.69. The van der Waals surface area contributed by atoms with Gasteiger partial charge < -0.3 is 0 Å². The highest BCUT2D eigenvalue weighted by atomic mass is 35.5. The van der Waals surface area contributed by atoms with Crippen molar-refractivity contribution < 1.29 is 0 Å². The van der Waals surface area contributed by atoms with Gasteiger partial charge in [0.15, 0.2) is 5.15 Å². The topological polar surface area (TPSA) is 41.6 Å². The van der Waals surface area contributed by atoms with Gasteiger partial charge in [-0.15, -0.1) is 0 Å². The standard InChI is InChI=1S/C14H13Cl2N3/c1-9(2)7-13-12(8-17)14(16)19(18-13)11-5-3-10(15)4-6-11/h3-6,9H,7H2,1-2H3. The highest BCUT2D eigenvalue weighted by Crippen LogP contribution is 2.25. The van der Waals surface area contributed by atoms with Crippen LogP contribution in [0.25, 0.3) is 5.69 Å². The van der Waals surface area contributed by atoms with Crippen LogP contribution in [0.2, 0.25) is 10.2 Å². The number of halogens is 2. The van der Waals surface area contributed by atoms with Crippen LogP contribution in [0.15, 0.2) is 24.3 Å². The highest BCUT2D eigenvalue weighted by molar-refractivity contribution is 6.31. The van der Waals surface area contributed by atoms with Crippen LogP contribution in [0, 0.1) is 17.2 Å². The monoisotopic (exact) mass is 293 g/mol. The second-order valence-electron chi connectivity index (χ2n) is 4.71. The number of hydrogen-bond acceptors (Lipinski definition) is 2. The van der Waals surface area contributed by atoms with E-state index >= 15 is 0 Å². The van der Waals surface area contributed by atoms with Crippen molar-refractivity contribution in [1.82, 2.24) is 9.78 Å². The van der Waals surface area contributed by atoms with Gasteiger partial charge in [-0.25, -0.2) is 4.68 Å². The summed E-state index contributed by atoms with van der Waals surface area (Å²) in [5.74, 6) is 0.414. The Hall–Kier alpha value is -1.50. The van der Waals surface area contributed by atoms with E-state index in [1.165, 1.54) is 0 Å². The van der Waals surface area contributed by atoms with Gasteiger partial charge in [-0.3, -0.25) is 0 Å². The summed E-state index contributed by atoms with van der Waals surface area (Å²) < 4.78 is 1.58. The van der Waals surface area contributed by atoms with Crippen LogP contribution < -0.4 is 0 Å². The lowest BCUT2D eigenvalue weighted by Crippen LogP contribution is -1.99. The maximum Gasteiger partial charge on any atom is 0.150 e. The van der Waals surface area contributed by atoms with Crippen molar-refractivity contribution in [2.24, 2.45) is 5.92 Å². The number of nitriles is 1. The maximum absolute atomic E-state index is 9.21. The molecular weight excluding hydrogens is 281 g/mol. The molecule has 3 nitrogen and oxygen atoms in total. The molecule has 98 valence electrons. The predicted octanol–water partition coefficient (Wildman–Crippen LogP) is 4.25. The van der Waals surface area contributed by atoms with E-state index in [0.29, 0.717) is 21.7 Å². The molecule has 0 aliphatic rings. The summed E-state index contributed by atoms with van der Waals surface area (Å²) >= 11 is 12.1. The molecule has 1 heterocycles. The molecule has 0 aliphatic heterocycles. The fraction of sp³-hybridized carbons (Fsp3) is 0.286. The fourth-order valence-corrected chi connectivity index (χ4v) is 2.25. The van der Waals surface area contributed by atoms with Gasteiger partial charge in [0, 0.05) is 5.02 Å². The van der Waals surface area contributed by atoms with Crippen LogP contribution in [0.4, 0.5) is 0 Å². The summed E-state index contributed by atoms with van der Waals surface area (Å²) in [4.78, 5) is 0. The van der Waals surface area contributed by atoms with Crippen LogP contribution in [-0.4, -0.2) is 9.78 Å². The second kappa shape index (κ2) is 5.64. The van der Waals surface area contributed by atoms with E-state index in [-0.39, 0.29) is 0 Å². The smallest absolute Gasteiger partial charge is 0.150 e. The molecule has 1 aromatic carbocycles. The van der Waals surface area contributed by atoms with E-state index in [0.717, 1.165) is 17.8 Å². The van der Waals surface area contributed by atoms with E-state index in [9.17, 15) is 5.26 Å². The average molecular weight is 294 g/mol. The van der Waals surface area contributed by atoms with Gasteiger partial charge in [-0.1, -0.05) is 37.0 Å². The van der Waals surface area contributed by atoms with Crippen molar-refractivity contribution in [3.05, 3.63) is 45.7 Å². The Bertz CT molecular complexity index is 621. The van der Waals surface area contributed by atoms with E-state index in [1.54, 1.807) is 16.8 Å².